The van der Waals surface area contributed by atoms with E-state index >= 15 is 0 Å². The monoisotopic (exact) mass is 268 g/mol. The second-order valence-corrected chi connectivity index (χ2v) is 7.42. The highest BCUT2D eigenvalue weighted by atomic mass is 16.4. The van der Waals surface area contributed by atoms with Crippen molar-refractivity contribution in [2.75, 3.05) is 0 Å². The summed E-state index contributed by atoms with van der Waals surface area (Å²) in [6.45, 7) is 5.53. The smallest absolute Gasteiger partial charge is 0.309 e. The van der Waals surface area contributed by atoms with Crippen molar-refractivity contribution in [3.63, 3.8) is 0 Å². The molecule has 0 aromatic rings. The largest absolute Gasteiger partial charge is 0.481 e. The molecule has 0 radical (unpaired) electrons. The third kappa shape index (κ3) is 2.05. The minimum Gasteiger partial charge on any atom is -0.481 e. The van der Waals surface area contributed by atoms with Crippen LogP contribution in [0.1, 0.15) is 59.3 Å². The van der Waals surface area contributed by atoms with Gasteiger partial charge in [-0.2, -0.15) is 0 Å². The lowest BCUT2D eigenvalue weighted by Crippen LogP contribution is -2.55. The zero-order valence-electron chi connectivity index (χ0n) is 12.0. The summed E-state index contributed by atoms with van der Waals surface area (Å²) >= 11 is 0. The first-order valence-electron chi connectivity index (χ1n) is 7.11. The molecule has 4 nitrogen and oxygen atoms in total. The molecule has 108 valence electrons. The summed E-state index contributed by atoms with van der Waals surface area (Å²) in [5.41, 5.74) is -1.73. The van der Waals surface area contributed by atoms with Gasteiger partial charge >= 0.3 is 11.9 Å². The topological polar surface area (TPSA) is 74.6 Å². The lowest BCUT2D eigenvalue weighted by atomic mass is 9.47. The Morgan fingerprint density at radius 2 is 1.79 bits per heavy atom. The molecule has 4 heteroatoms. The molecule has 2 aliphatic carbocycles. The molecule has 0 spiro atoms. The van der Waals surface area contributed by atoms with Gasteiger partial charge in [0.2, 0.25) is 0 Å². The highest BCUT2D eigenvalue weighted by molar-refractivity contribution is 5.80. The first kappa shape index (κ1) is 14.4. The third-order valence-electron chi connectivity index (χ3n) is 5.70. The predicted octanol–water partition coefficient (Wildman–Crippen LogP) is 3.16. The highest BCUT2D eigenvalue weighted by Crippen LogP contribution is 2.62. The fourth-order valence-corrected chi connectivity index (χ4v) is 4.58. The van der Waals surface area contributed by atoms with Crippen molar-refractivity contribution in [3.05, 3.63) is 0 Å². The van der Waals surface area contributed by atoms with Gasteiger partial charge in [0.1, 0.15) is 0 Å². The Kier molecular flexibility index (Phi) is 3.19. The summed E-state index contributed by atoms with van der Waals surface area (Å²) < 4.78 is 0. The number of fused-ring (bicyclic) bond motifs is 2. The molecule has 0 amide bonds. The van der Waals surface area contributed by atoms with E-state index in [1.807, 2.05) is 0 Å². The molecule has 3 atom stereocenters. The maximum atomic E-state index is 11.9. The molecule has 2 rings (SSSR count). The van der Waals surface area contributed by atoms with Crippen LogP contribution in [-0.2, 0) is 9.59 Å². The van der Waals surface area contributed by atoms with Gasteiger partial charge in [-0.3, -0.25) is 9.59 Å². The van der Waals surface area contributed by atoms with Crippen molar-refractivity contribution >= 4 is 11.9 Å². The molecule has 2 bridgehead atoms. The molecule has 2 saturated carbocycles. The molecule has 2 N–H and O–H groups in total. The lowest BCUT2D eigenvalue weighted by Gasteiger charge is -2.56. The van der Waals surface area contributed by atoms with Crippen LogP contribution in [0, 0.1) is 22.2 Å². The molecular weight excluding hydrogens is 244 g/mol. The molecule has 0 heterocycles. The molecule has 0 aromatic carbocycles. The van der Waals surface area contributed by atoms with Gasteiger partial charge in [0.15, 0.2) is 0 Å². The Balaban J connectivity index is 2.44. The van der Waals surface area contributed by atoms with Crippen molar-refractivity contribution in [1.29, 1.82) is 0 Å². The van der Waals surface area contributed by atoms with Crippen LogP contribution in [0.4, 0.5) is 0 Å². The molecule has 2 aliphatic rings. The summed E-state index contributed by atoms with van der Waals surface area (Å²) in [4.78, 5) is 23.4. The minimum atomic E-state index is -0.975. The standard InChI is InChI=1S/C15H24O4/c1-13(2,11(16)17)10-5-8-14(3)6-4-7-15(10,9-14)12(18)19/h10H,4-9H2,1-3H3,(H,16,17)(H,18,19). The van der Waals surface area contributed by atoms with E-state index in [0.717, 1.165) is 19.3 Å². The van der Waals surface area contributed by atoms with Crippen LogP contribution in [0.2, 0.25) is 0 Å². The first-order chi connectivity index (χ1) is 8.64. The first-order valence-corrected chi connectivity index (χ1v) is 7.11. The molecule has 19 heavy (non-hydrogen) atoms. The predicted molar refractivity (Wildman–Crippen MR) is 70.8 cm³/mol. The van der Waals surface area contributed by atoms with Gasteiger partial charge in [0.25, 0.3) is 0 Å². The average Bonchev–Trinajstić information content (AvgIpc) is 2.27. The second-order valence-electron chi connectivity index (χ2n) is 7.42. The van der Waals surface area contributed by atoms with Crippen LogP contribution in [0.3, 0.4) is 0 Å². The Hall–Kier alpha value is -1.06. The van der Waals surface area contributed by atoms with E-state index in [4.69, 9.17) is 0 Å². The van der Waals surface area contributed by atoms with Crippen molar-refractivity contribution in [2.45, 2.75) is 59.3 Å². The Labute approximate surface area is 114 Å². The third-order valence-corrected chi connectivity index (χ3v) is 5.70. The number of carbonyl (C=O) groups is 2. The van der Waals surface area contributed by atoms with Crippen molar-refractivity contribution in [1.82, 2.24) is 0 Å². The maximum Gasteiger partial charge on any atom is 0.309 e. The Bertz CT molecular complexity index is 414. The van der Waals surface area contributed by atoms with Crippen LogP contribution < -0.4 is 0 Å². The van der Waals surface area contributed by atoms with E-state index in [9.17, 15) is 19.8 Å². The highest BCUT2D eigenvalue weighted by Gasteiger charge is 2.60. The summed E-state index contributed by atoms with van der Waals surface area (Å²) in [7, 11) is 0. The van der Waals surface area contributed by atoms with Crippen LogP contribution in [0.25, 0.3) is 0 Å². The molecule has 0 saturated heterocycles. The van der Waals surface area contributed by atoms with Gasteiger partial charge in [-0.1, -0.05) is 13.3 Å². The SMILES string of the molecule is CC12CCCC(C(=O)O)(C1)C(C(C)(C)C(=O)O)CC2. The van der Waals surface area contributed by atoms with Crippen molar-refractivity contribution < 1.29 is 19.8 Å². The van der Waals surface area contributed by atoms with E-state index < -0.39 is 22.8 Å². The van der Waals surface area contributed by atoms with Gasteiger partial charge in [-0.15, -0.1) is 0 Å². The summed E-state index contributed by atoms with van der Waals surface area (Å²) in [6.07, 6.45) is 4.89. The van der Waals surface area contributed by atoms with Crippen LogP contribution in [0.5, 0.6) is 0 Å². The zero-order chi connectivity index (χ0) is 14.5. The fraction of sp³-hybridized carbons (Fsp3) is 0.867. The molecular formula is C15H24O4. The number of aliphatic carboxylic acids is 2. The second kappa shape index (κ2) is 4.22. The number of rotatable bonds is 3. The average molecular weight is 268 g/mol. The maximum absolute atomic E-state index is 11.9. The molecule has 0 aromatic heterocycles. The fourth-order valence-electron chi connectivity index (χ4n) is 4.58. The summed E-state index contributed by atoms with van der Waals surface area (Å²) in [6, 6.07) is 0. The van der Waals surface area contributed by atoms with Gasteiger partial charge in [-0.25, -0.2) is 0 Å². The quantitative estimate of drug-likeness (QED) is 0.824. The summed E-state index contributed by atoms with van der Waals surface area (Å²) in [5.74, 6) is -1.95. The zero-order valence-corrected chi connectivity index (χ0v) is 12.0. The number of hydrogen-bond donors (Lipinski definition) is 2. The van der Waals surface area contributed by atoms with E-state index in [1.54, 1.807) is 13.8 Å². The van der Waals surface area contributed by atoms with Gasteiger partial charge in [0.05, 0.1) is 10.8 Å². The van der Waals surface area contributed by atoms with E-state index in [1.165, 1.54) is 0 Å². The molecule has 0 aliphatic heterocycles. The normalized spacial score (nSPS) is 38.8. The molecule has 3 unspecified atom stereocenters. The summed E-state index contributed by atoms with van der Waals surface area (Å²) in [5, 5.41) is 19.2. The Morgan fingerprint density at radius 3 is 2.32 bits per heavy atom. The van der Waals surface area contributed by atoms with Crippen molar-refractivity contribution in [3.8, 4) is 0 Å². The van der Waals surface area contributed by atoms with E-state index in [0.29, 0.717) is 19.3 Å². The lowest BCUT2D eigenvalue weighted by molar-refractivity contribution is -0.179. The Morgan fingerprint density at radius 1 is 1.16 bits per heavy atom. The number of carboxylic acid groups (broad SMARTS) is 2. The van der Waals surface area contributed by atoms with E-state index in [-0.39, 0.29) is 11.3 Å². The van der Waals surface area contributed by atoms with Crippen LogP contribution in [-0.4, -0.2) is 22.2 Å². The minimum absolute atomic E-state index is 0.0850. The number of hydrogen-bond acceptors (Lipinski definition) is 2. The van der Waals surface area contributed by atoms with Gasteiger partial charge in [-0.05, 0) is 57.3 Å². The van der Waals surface area contributed by atoms with Crippen LogP contribution in [0.15, 0.2) is 0 Å². The van der Waals surface area contributed by atoms with Gasteiger partial charge < -0.3 is 10.2 Å². The number of carboxylic acids is 2. The van der Waals surface area contributed by atoms with Crippen molar-refractivity contribution in [2.24, 2.45) is 22.2 Å². The van der Waals surface area contributed by atoms with E-state index in [2.05, 4.69) is 6.92 Å². The van der Waals surface area contributed by atoms with Crippen LogP contribution >= 0.6 is 0 Å². The molecule has 2 fully saturated rings. The van der Waals surface area contributed by atoms with Gasteiger partial charge in [0, 0.05) is 0 Å².